The summed E-state index contributed by atoms with van der Waals surface area (Å²) in [4.78, 5) is 10.7. The number of aromatic nitrogens is 2. The van der Waals surface area contributed by atoms with Crippen LogP contribution in [0.2, 0.25) is 0 Å². The number of nitrogens with zero attached hydrogens (tertiary/aromatic N) is 3. The lowest BCUT2D eigenvalue weighted by Crippen LogP contribution is -2.05. The quantitative estimate of drug-likeness (QED) is 0.635. The zero-order valence-electron chi connectivity index (χ0n) is 10.8. The highest BCUT2D eigenvalue weighted by molar-refractivity contribution is 5.75. The van der Waals surface area contributed by atoms with Gasteiger partial charge in [0.2, 0.25) is 0 Å². The molecule has 7 heteroatoms. The summed E-state index contributed by atoms with van der Waals surface area (Å²) in [7, 11) is 3.48. The summed E-state index contributed by atoms with van der Waals surface area (Å²) in [5, 5.41) is 21.2. The molecule has 2 N–H and O–H groups in total. The normalized spacial score (nSPS) is 10.2. The number of hydrogen-bond acceptors (Lipinski definition) is 5. The Bertz CT molecular complexity index is 594. The van der Waals surface area contributed by atoms with E-state index in [0.717, 1.165) is 5.69 Å². The van der Waals surface area contributed by atoms with Crippen molar-refractivity contribution in [2.45, 2.75) is 6.54 Å². The Morgan fingerprint density at radius 3 is 2.68 bits per heavy atom. The van der Waals surface area contributed by atoms with E-state index in [0.29, 0.717) is 17.9 Å². The number of nitrogens with one attached hydrogen (secondary N) is 2. The van der Waals surface area contributed by atoms with Crippen LogP contribution in [0.15, 0.2) is 30.5 Å². The van der Waals surface area contributed by atoms with E-state index in [1.807, 2.05) is 19.3 Å². The van der Waals surface area contributed by atoms with Crippen LogP contribution in [0.5, 0.6) is 0 Å². The van der Waals surface area contributed by atoms with Gasteiger partial charge in [0.25, 0.3) is 0 Å². The molecule has 0 saturated heterocycles. The second-order valence-electron chi connectivity index (χ2n) is 4.04. The van der Waals surface area contributed by atoms with Crippen LogP contribution in [0.1, 0.15) is 5.69 Å². The molecule has 19 heavy (non-hydrogen) atoms. The molecule has 0 spiro atoms. The molecule has 0 bridgehead atoms. The van der Waals surface area contributed by atoms with Crippen LogP contribution in [0.3, 0.4) is 0 Å². The van der Waals surface area contributed by atoms with Crippen LogP contribution in [-0.2, 0) is 13.6 Å². The summed E-state index contributed by atoms with van der Waals surface area (Å²) in [6, 6.07) is 6.98. The fourth-order valence-corrected chi connectivity index (χ4v) is 1.83. The molecule has 0 atom stereocenters. The molecule has 7 nitrogen and oxygen atoms in total. The zero-order valence-corrected chi connectivity index (χ0v) is 10.8. The van der Waals surface area contributed by atoms with Crippen LogP contribution < -0.4 is 10.6 Å². The van der Waals surface area contributed by atoms with Crippen molar-refractivity contribution >= 4 is 17.1 Å². The minimum absolute atomic E-state index is 0.0425. The summed E-state index contributed by atoms with van der Waals surface area (Å²) in [6.45, 7) is 0.439. The summed E-state index contributed by atoms with van der Waals surface area (Å²) in [5.74, 6) is 0. The first-order valence-corrected chi connectivity index (χ1v) is 5.79. The minimum atomic E-state index is -0.396. The number of nitro benzene ring substituents is 1. The van der Waals surface area contributed by atoms with Gasteiger partial charge in [0.15, 0.2) is 0 Å². The molecule has 2 aromatic rings. The molecular formula is C12H15N5O2. The molecule has 0 amide bonds. The van der Waals surface area contributed by atoms with Crippen molar-refractivity contribution in [3.8, 4) is 0 Å². The lowest BCUT2D eigenvalue weighted by Gasteiger charge is -2.08. The maximum Gasteiger partial charge on any atom is 0.315 e. The highest BCUT2D eigenvalue weighted by Gasteiger charge is 2.18. The van der Waals surface area contributed by atoms with E-state index >= 15 is 0 Å². The van der Waals surface area contributed by atoms with Gasteiger partial charge < -0.3 is 10.6 Å². The number of rotatable bonds is 5. The van der Waals surface area contributed by atoms with Gasteiger partial charge in [-0.05, 0) is 18.2 Å². The fraction of sp³-hybridized carbons (Fsp3) is 0.250. The predicted octanol–water partition coefficient (Wildman–Crippen LogP) is 1.98. The van der Waals surface area contributed by atoms with Crippen LogP contribution in [0.4, 0.5) is 17.1 Å². The van der Waals surface area contributed by atoms with Crippen molar-refractivity contribution in [2.24, 2.45) is 7.05 Å². The Kier molecular flexibility index (Phi) is 3.65. The number of anilines is 2. The van der Waals surface area contributed by atoms with E-state index in [1.54, 1.807) is 29.9 Å². The van der Waals surface area contributed by atoms with Crippen LogP contribution in [0, 0.1) is 10.1 Å². The molecule has 100 valence electrons. The van der Waals surface area contributed by atoms with Gasteiger partial charge in [0.05, 0.1) is 17.2 Å². The van der Waals surface area contributed by atoms with Gasteiger partial charge in [-0.1, -0.05) is 6.07 Å². The first kappa shape index (κ1) is 12.9. The van der Waals surface area contributed by atoms with Crippen molar-refractivity contribution in [3.05, 3.63) is 46.3 Å². The first-order valence-electron chi connectivity index (χ1n) is 5.79. The van der Waals surface area contributed by atoms with E-state index in [-0.39, 0.29) is 5.69 Å². The van der Waals surface area contributed by atoms with Gasteiger partial charge in [-0.2, -0.15) is 5.10 Å². The molecule has 0 aliphatic carbocycles. The Morgan fingerprint density at radius 2 is 2.11 bits per heavy atom. The molecule has 0 fully saturated rings. The highest BCUT2D eigenvalue weighted by Crippen LogP contribution is 2.32. The summed E-state index contributed by atoms with van der Waals surface area (Å²) < 4.78 is 1.69. The zero-order chi connectivity index (χ0) is 13.8. The molecule has 2 rings (SSSR count). The first-order chi connectivity index (χ1) is 9.11. The van der Waals surface area contributed by atoms with Crippen molar-refractivity contribution < 1.29 is 4.92 Å². The Balaban J connectivity index is 2.22. The number of hydrogen-bond donors (Lipinski definition) is 2. The van der Waals surface area contributed by atoms with E-state index in [2.05, 4.69) is 15.7 Å². The predicted molar refractivity (Wildman–Crippen MR) is 73.2 cm³/mol. The van der Waals surface area contributed by atoms with Crippen LogP contribution in [0.25, 0.3) is 0 Å². The smallest absolute Gasteiger partial charge is 0.315 e. The second kappa shape index (κ2) is 5.38. The molecule has 0 aliphatic heterocycles. The third kappa shape index (κ3) is 2.82. The molecule has 1 aromatic heterocycles. The molecule has 0 radical (unpaired) electrons. The molecule has 1 aromatic carbocycles. The number of benzene rings is 1. The van der Waals surface area contributed by atoms with E-state index in [4.69, 9.17) is 0 Å². The Hall–Kier alpha value is -2.57. The Labute approximate surface area is 110 Å². The van der Waals surface area contributed by atoms with E-state index in [1.165, 1.54) is 0 Å². The summed E-state index contributed by atoms with van der Waals surface area (Å²) >= 11 is 0. The van der Waals surface area contributed by atoms with Gasteiger partial charge >= 0.3 is 5.69 Å². The lowest BCUT2D eigenvalue weighted by atomic mass is 10.2. The Morgan fingerprint density at radius 1 is 1.37 bits per heavy atom. The topological polar surface area (TPSA) is 85.0 Å². The molecule has 0 aliphatic rings. The third-order valence-electron chi connectivity index (χ3n) is 2.72. The van der Waals surface area contributed by atoms with Gasteiger partial charge in [0.1, 0.15) is 11.4 Å². The summed E-state index contributed by atoms with van der Waals surface area (Å²) in [6.07, 6.45) is 1.83. The standard InChI is InChI=1S/C12H15N5O2/c1-13-10-4-3-5-11(12(10)17(18)19)14-8-9-6-7-16(2)15-9/h3-7,13-14H,8H2,1-2H3. The summed E-state index contributed by atoms with van der Waals surface area (Å²) in [5.41, 5.74) is 1.83. The number of nitro groups is 1. The molecular weight excluding hydrogens is 246 g/mol. The molecule has 0 saturated carbocycles. The largest absolute Gasteiger partial charge is 0.382 e. The van der Waals surface area contributed by atoms with E-state index < -0.39 is 4.92 Å². The average molecular weight is 261 g/mol. The highest BCUT2D eigenvalue weighted by atomic mass is 16.6. The maximum absolute atomic E-state index is 11.1. The molecule has 1 heterocycles. The SMILES string of the molecule is CNc1cccc(NCc2ccn(C)n2)c1[N+](=O)[O-]. The van der Waals surface area contributed by atoms with Crippen molar-refractivity contribution in [1.29, 1.82) is 0 Å². The van der Waals surface area contributed by atoms with Gasteiger partial charge in [-0.3, -0.25) is 14.8 Å². The van der Waals surface area contributed by atoms with Gasteiger partial charge in [-0.25, -0.2) is 0 Å². The number of aryl methyl sites for hydroxylation is 1. The van der Waals surface area contributed by atoms with Crippen molar-refractivity contribution in [3.63, 3.8) is 0 Å². The molecule has 0 unspecified atom stereocenters. The monoisotopic (exact) mass is 261 g/mol. The van der Waals surface area contributed by atoms with Crippen molar-refractivity contribution in [2.75, 3.05) is 17.7 Å². The van der Waals surface area contributed by atoms with Crippen molar-refractivity contribution in [1.82, 2.24) is 9.78 Å². The van der Waals surface area contributed by atoms with Gasteiger partial charge in [-0.15, -0.1) is 0 Å². The van der Waals surface area contributed by atoms with Crippen LogP contribution >= 0.6 is 0 Å². The lowest BCUT2D eigenvalue weighted by molar-refractivity contribution is -0.383. The van der Waals surface area contributed by atoms with Crippen LogP contribution in [-0.4, -0.2) is 21.8 Å². The van der Waals surface area contributed by atoms with E-state index in [9.17, 15) is 10.1 Å². The fourth-order valence-electron chi connectivity index (χ4n) is 1.83. The average Bonchev–Trinajstić information content (AvgIpc) is 2.81. The minimum Gasteiger partial charge on any atom is -0.382 e. The van der Waals surface area contributed by atoms with Gasteiger partial charge in [0, 0.05) is 20.3 Å². The third-order valence-corrected chi connectivity index (χ3v) is 2.72. The maximum atomic E-state index is 11.1. The second-order valence-corrected chi connectivity index (χ2v) is 4.04. The number of para-hydroxylation sites is 1.